The average molecular weight is 487 g/mol. The van der Waals surface area contributed by atoms with Gasteiger partial charge in [-0.15, -0.1) is 6.58 Å². The molecule has 0 aromatic carbocycles. The maximum absolute atomic E-state index is 11.9. The van der Waals surface area contributed by atoms with Gasteiger partial charge in [-0.25, -0.2) is 4.79 Å². The molecule has 0 radical (unpaired) electrons. The van der Waals surface area contributed by atoms with Crippen molar-refractivity contribution in [1.29, 1.82) is 0 Å². The van der Waals surface area contributed by atoms with E-state index in [1.807, 2.05) is 6.92 Å². The van der Waals surface area contributed by atoms with Gasteiger partial charge in [0.2, 0.25) is 0 Å². The largest absolute Gasteiger partial charge is 0.450 e. The fourth-order valence-corrected chi connectivity index (χ4v) is 4.90. The molecule has 0 spiro atoms. The van der Waals surface area contributed by atoms with E-state index in [2.05, 4.69) is 13.2 Å². The molecule has 194 valence electrons. The minimum Gasteiger partial charge on any atom is -0.450 e. The molecule has 0 aliphatic carbocycles. The molecule has 34 heavy (non-hydrogen) atoms. The third-order valence-corrected chi connectivity index (χ3v) is 6.55. The number of hydrogen-bond donors (Lipinski definition) is 1. The molecule has 4 fully saturated rings. The van der Waals surface area contributed by atoms with Gasteiger partial charge >= 0.3 is 5.97 Å². The van der Waals surface area contributed by atoms with Crippen molar-refractivity contribution in [3.8, 4) is 0 Å². The lowest BCUT2D eigenvalue weighted by molar-refractivity contribution is -0.282. The molecule has 1 unspecified atom stereocenters. The molecule has 10 heteroatoms. The summed E-state index contributed by atoms with van der Waals surface area (Å²) in [5, 5.41) is 9.96. The Morgan fingerprint density at radius 3 is 1.76 bits per heavy atom. The van der Waals surface area contributed by atoms with Gasteiger partial charge in [0.25, 0.3) is 0 Å². The molecule has 0 aromatic rings. The number of fused-ring (bicyclic) bond motifs is 2. The van der Waals surface area contributed by atoms with Gasteiger partial charge in [-0.2, -0.15) is 0 Å². The van der Waals surface area contributed by atoms with Crippen LogP contribution in [0.25, 0.3) is 0 Å². The van der Waals surface area contributed by atoms with Gasteiger partial charge in [-0.1, -0.05) is 12.7 Å². The second kappa shape index (κ2) is 9.25. The molecule has 4 aliphatic heterocycles. The van der Waals surface area contributed by atoms with Crippen LogP contribution in [0.5, 0.6) is 0 Å². The summed E-state index contributed by atoms with van der Waals surface area (Å²) in [6.45, 7) is 18.1. The third kappa shape index (κ3) is 4.83. The van der Waals surface area contributed by atoms with Crippen molar-refractivity contribution in [2.24, 2.45) is 0 Å². The summed E-state index contributed by atoms with van der Waals surface area (Å²) < 4.78 is 44.4. The first-order chi connectivity index (χ1) is 15.7. The van der Waals surface area contributed by atoms with Crippen molar-refractivity contribution < 1.29 is 47.8 Å². The number of cyclic esters (lactones) is 1. The Kier molecular flexibility index (Phi) is 7.41. The van der Waals surface area contributed by atoms with E-state index in [0.717, 1.165) is 0 Å². The van der Waals surface area contributed by atoms with Crippen LogP contribution in [0.2, 0.25) is 0 Å². The number of esters is 1. The minimum absolute atomic E-state index is 0.366. The SMILES string of the molecule is C=C[C@]1(C)OC(=O)[C@@H]2OC(C)(C)O[C@@H]2[C@H]1OC.C=C[C@]1(C)OC(O)[C@@H]2OC(C)(C)O[C@@H]2[C@H]1OC. The summed E-state index contributed by atoms with van der Waals surface area (Å²) in [7, 11) is 3.14. The summed E-state index contributed by atoms with van der Waals surface area (Å²) in [6.07, 6.45) is -0.776. The zero-order valence-electron chi connectivity index (χ0n) is 21.2. The van der Waals surface area contributed by atoms with Crippen LogP contribution < -0.4 is 0 Å². The molecule has 0 aromatic heterocycles. The van der Waals surface area contributed by atoms with Gasteiger partial charge in [0.05, 0.1) is 0 Å². The molecule has 0 bridgehead atoms. The van der Waals surface area contributed by atoms with Crippen molar-refractivity contribution in [1.82, 2.24) is 0 Å². The molecule has 4 aliphatic rings. The quantitative estimate of drug-likeness (QED) is 0.467. The van der Waals surface area contributed by atoms with E-state index < -0.39 is 59.5 Å². The lowest BCUT2D eigenvalue weighted by Gasteiger charge is -2.45. The monoisotopic (exact) mass is 486 g/mol. The predicted octanol–water partition coefficient (Wildman–Crippen LogP) is 1.84. The van der Waals surface area contributed by atoms with E-state index in [0.29, 0.717) is 0 Å². The lowest BCUT2D eigenvalue weighted by Crippen LogP contribution is -2.61. The second-order valence-corrected chi connectivity index (χ2v) is 10.1. The number of aliphatic hydroxyl groups excluding tert-OH is 1. The number of carbonyl (C=O) groups excluding carboxylic acids is 1. The predicted molar refractivity (Wildman–Crippen MR) is 120 cm³/mol. The maximum atomic E-state index is 11.9. The number of carbonyl (C=O) groups is 1. The molecule has 10 nitrogen and oxygen atoms in total. The van der Waals surface area contributed by atoms with Crippen LogP contribution in [0.4, 0.5) is 0 Å². The second-order valence-electron chi connectivity index (χ2n) is 10.1. The third-order valence-electron chi connectivity index (χ3n) is 6.55. The van der Waals surface area contributed by atoms with Crippen LogP contribution >= 0.6 is 0 Å². The fourth-order valence-electron chi connectivity index (χ4n) is 4.90. The normalized spacial score (nSPS) is 46.4. The van der Waals surface area contributed by atoms with E-state index in [9.17, 15) is 9.90 Å². The zero-order chi connectivity index (χ0) is 25.7. The highest BCUT2D eigenvalue weighted by molar-refractivity contribution is 5.78. The summed E-state index contributed by atoms with van der Waals surface area (Å²) in [4.78, 5) is 11.9. The summed E-state index contributed by atoms with van der Waals surface area (Å²) in [5.74, 6) is -1.99. The Balaban J connectivity index is 0.000000191. The summed E-state index contributed by atoms with van der Waals surface area (Å²) >= 11 is 0. The maximum Gasteiger partial charge on any atom is 0.339 e. The molecule has 9 atom stereocenters. The van der Waals surface area contributed by atoms with E-state index >= 15 is 0 Å². The number of methoxy groups -OCH3 is 2. The van der Waals surface area contributed by atoms with Gasteiger partial charge in [-0.05, 0) is 47.6 Å². The van der Waals surface area contributed by atoms with E-state index in [1.54, 1.807) is 61.0 Å². The van der Waals surface area contributed by atoms with Gasteiger partial charge in [0.15, 0.2) is 29.6 Å². The van der Waals surface area contributed by atoms with Crippen molar-refractivity contribution in [2.75, 3.05) is 14.2 Å². The zero-order valence-corrected chi connectivity index (χ0v) is 21.2. The topological polar surface area (TPSA) is 111 Å². The molecule has 4 heterocycles. The number of rotatable bonds is 4. The fraction of sp³-hybridized carbons (Fsp3) is 0.792. The van der Waals surface area contributed by atoms with Gasteiger partial charge < -0.3 is 43.0 Å². The molecule has 4 rings (SSSR count). The first-order valence-electron chi connectivity index (χ1n) is 11.3. The van der Waals surface area contributed by atoms with Crippen molar-refractivity contribution >= 4 is 5.97 Å². The Morgan fingerprint density at radius 2 is 1.24 bits per heavy atom. The van der Waals surface area contributed by atoms with E-state index in [4.69, 9.17) is 37.9 Å². The first-order valence-corrected chi connectivity index (χ1v) is 11.3. The Morgan fingerprint density at radius 1 is 0.765 bits per heavy atom. The highest BCUT2D eigenvalue weighted by Gasteiger charge is 2.60. The average Bonchev–Trinajstić information content (AvgIpc) is 3.24. The van der Waals surface area contributed by atoms with Crippen LogP contribution in [0, 0.1) is 0 Å². The van der Waals surface area contributed by atoms with Gasteiger partial charge in [0, 0.05) is 14.2 Å². The van der Waals surface area contributed by atoms with Crippen molar-refractivity contribution in [3.63, 3.8) is 0 Å². The molecular weight excluding hydrogens is 448 g/mol. The van der Waals surface area contributed by atoms with Crippen molar-refractivity contribution in [2.45, 2.75) is 107 Å². The number of aliphatic hydroxyl groups is 1. The van der Waals surface area contributed by atoms with E-state index in [-0.39, 0.29) is 12.2 Å². The molecular formula is C24H38O10. The highest BCUT2D eigenvalue weighted by Crippen LogP contribution is 2.42. The Bertz CT molecular complexity index is 797. The smallest absolute Gasteiger partial charge is 0.339 e. The van der Waals surface area contributed by atoms with Crippen LogP contribution in [-0.2, 0) is 42.7 Å². The number of ether oxygens (including phenoxy) is 8. The van der Waals surface area contributed by atoms with Gasteiger partial charge in [-0.3, -0.25) is 0 Å². The minimum atomic E-state index is -1.05. The summed E-state index contributed by atoms with van der Waals surface area (Å²) in [5.41, 5.74) is -1.68. The Hall–Kier alpha value is -1.37. The standard InChI is InChI=1S/C12H20O5.C12H18O5/c2*1-6-12(4)9(14-5)7-8(10(13)17-12)16-11(2,3)15-7/h6-10,13H,1H2,2-5H3;6-9H,1H2,2-5H3/t7-,8+,9+,10?,12-;7-,8+,9+,12-/m00/s1. The van der Waals surface area contributed by atoms with Crippen LogP contribution in [0.3, 0.4) is 0 Å². The molecule has 1 N–H and O–H groups in total. The molecule has 4 saturated heterocycles. The first kappa shape index (κ1) is 27.2. The highest BCUT2D eigenvalue weighted by atomic mass is 16.8. The van der Waals surface area contributed by atoms with Crippen LogP contribution in [0.15, 0.2) is 25.3 Å². The molecule has 0 amide bonds. The van der Waals surface area contributed by atoms with E-state index in [1.165, 1.54) is 0 Å². The summed E-state index contributed by atoms with van der Waals surface area (Å²) in [6, 6.07) is 0. The van der Waals surface area contributed by atoms with Crippen molar-refractivity contribution in [3.05, 3.63) is 25.3 Å². The Labute approximate surface area is 201 Å². The lowest BCUT2D eigenvalue weighted by atomic mass is 9.88. The van der Waals surface area contributed by atoms with Gasteiger partial charge in [0.1, 0.15) is 36.1 Å². The number of hydrogen-bond acceptors (Lipinski definition) is 10. The van der Waals surface area contributed by atoms with Crippen LogP contribution in [-0.4, -0.2) is 91.0 Å². The van der Waals surface area contributed by atoms with Crippen LogP contribution in [0.1, 0.15) is 41.5 Å². The molecule has 0 saturated carbocycles.